The van der Waals surface area contributed by atoms with Gasteiger partial charge in [-0.25, -0.2) is 9.97 Å². The summed E-state index contributed by atoms with van der Waals surface area (Å²) in [6.07, 6.45) is 5.70. The fourth-order valence-electron chi connectivity index (χ4n) is 2.91. The van der Waals surface area contributed by atoms with Gasteiger partial charge >= 0.3 is 0 Å². The van der Waals surface area contributed by atoms with Gasteiger partial charge < -0.3 is 9.42 Å². The first-order valence-corrected chi connectivity index (χ1v) is 7.66. The second kappa shape index (κ2) is 5.15. The summed E-state index contributed by atoms with van der Waals surface area (Å²) in [4.78, 5) is 27.6. The van der Waals surface area contributed by atoms with E-state index in [4.69, 9.17) is 4.52 Å². The second-order valence-corrected chi connectivity index (χ2v) is 5.90. The Bertz CT molecular complexity index is 709. The van der Waals surface area contributed by atoms with Crippen molar-refractivity contribution in [1.29, 1.82) is 0 Å². The van der Waals surface area contributed by atoms with Crippen molar-refractivity contribution in [2.45, 2.75) is 44.6 Å². The Labute approximate surface area is 127 Å². The number of amides is 1. The number of rotatable bonds is 3. The number of carbonyl (C=O) groups is 1. The molecule has 1 aliphatic carbocycles. The fourth-order valence-corrected chi connectivity index (χ4v) is 2.91. The molecule has 7 nitrogen and oxygen atoms in total. The minimum atomic E-state index is -0.121. The monoisotopic (exact) mass is 299 g/mol. The van der Waals surface area contributed by atoms with Gasteiger partial charge in [-0.05, 0) is 31.7 Å². The van der Waals surface area contributed by atoms with Crippen molar-refractivity contribution in [1.82, 2.24) is 25.0 Å². The SMILES string of the molecule is Cc1nc(C2CCCN2C(=O)c2ccnc(C3CC3)n2)no1. The van der Waals surface area contributed by atoms with E-state index in [2.05, 4.69) is 20.1 Å². The molecule has 1 atom stereocenters. The van der Waals surface area contributed by atoms with Crippen LogP contribution in [0.4, 0.5) is 0 Å². The molecule has 7 heteroatoms. The van der Waals surface area contributed by atoms with Crippen LogP contribution in [0.15, 0.2) is 16.8 Å². The molecule has 0 aromatic carbocycles. The van der Waals surface area contributed by atoms with Gasteiger partial charge in [0, 0.05) is 25.6 Å². The van der Waals surface area contributed by atoms with Crippen molar-refractivity contribution in [3.05, 3.63) is 35.5 Å². The van der Waals surface area contributed by atoms with Crippen LogP contribution in [0.3, 0.4) is 0 Å². The molecule has 114 valence electrons. The average Bonchev–Trinajstić information content (AvgIpc) is 3.12. The predicted octanol–water partition coefficient (Wildman–Crippen LogP) is 2.02. The van der Waals surface area contributed by atoms with Gasteiger partial charge in [0.05, 0.1) is 6.04 Å². The fraction of sp³-hybridized carbons (Fsp3) is 0.533. The zero-order valence-corrected chi connectivity index (χ0v) is 12.4. The lowest BCUT2D eigenvalue weighted by Gasteiger charge is -2.21. The highest BCUT2D eigenvalue weighted by atomic mass is 16.5. The number of nitrogens with zero attached hydrogens (tertiary/aromatic N) is 5. The van der Waals surface area contributed by atoms with Crippen LogP contribution in [-0.4, -0.2) is 37.5 Å². The maximum absolute atomic E-state index is 12.8. The van der Waals surface area contributed by atoms with Crippen LogP contribution in [0.25, 0.3) is 0 Å². The first kappa shape index (κ1) is 13.4. The number of aryl methyl sites for hydroxylation is 1. The quantitative estimate of drug-likeness (QED) is 0.862. The molecule has 1 unspecified atom stereocenters. The lowest BCUT2D eigenvalue weighted by Crippen LogP contribution is -2.32. The number of hydrogen-bond acceptors (Lipinski definition) is 6. The number of carbonyl (C=O) groups excluding carboxylic acids is 1. The van der Waals surface area contributed by atoms with Crippen LogP contribution < -0.4 is 0 Å². The Balaban J connectivity index is 1.59. The molecule has 3 heterocycles. The van der Waals surface area contributed by atoms with Crippen molar-refractivity contribution in [2.24, 2.45) is 0 Å². The van der Waals surface area contributed by atoms with Crippen molar-refractivity contribution >= 4 is 5.91 Å². The lowest BCUT2D eigenvalue weighted by atomic mass is 10.2. The van der Waals surface area contributed by atoms with Gasteiger partial charge in [-0.1, -0.05) is 5.16 Å². The van der Waals surface area contributed by atoms with Crippen molar-refractivity contribution in [2.75, 3.05) is 6.54 Å². The molecule has 2 aromatic rings. The van der Waals surface area contributed by atoms with Crippen LogP contribution in [0, 0.1) is 6.92 Å². The van der Waals surface area contributed by atoms with Gasteiger partial charge in [-0.2, -0.15) is 4.98 Å². The van der Waals surface area contributed by atoms with Crippen LogP contribution in [-0.2, 0) is 0 Å². The van der Waals surface area contributed by atoms with E-state index in [1.807, 2.05) is 0 Å². The van der Waals surface area contributed by atoms with Crippen molar-refractivity contribution in [3.63, 3.8) is 0 Å². The van der Waals surface area contributed by atoms with Crippen molar-refractivity contribution < 1.29 is 9.32 Å². The first-order valence-electron chi connectivity index (χ1n) is 7.66. The third kappa shape index (κ3) is 2.36. The average molecular weight is 299 g/mol. The maximum Gasteiger partial charge on any atom is 0.273 e. The Kier molecular flexibility index (Phi) is 3.13. The van der Waals surface area contributed by atoms with Crippen LogP contribution in [0.2, 0.25) is 0 Å². The highest BCUT2D eigenvalue weighted by molar-refractivity contribution is 5.92. The largest absolute Gasteiger partial charge is 0.340 e. The molecule has 2 fully saturated rings. The standard InChI is InChI=1S/C15H17N5O2/c1-9-17-14(19-22-9)12-3-2-8-20(12)15(21)11-6-7-16-13(18-11)10-4-5-10/h6-7,10,12H,2-5,8H2,1H3. The Morgan fingerprint density at radius 3 is 2.86 bits per heavy atom. The summed E-state index contributed by atoms with van der Waals surface area (Å²) in [5.74, 6) is 2.25. The molecule has 2 aliphatic rings. The van der Waals surface area contributed by atoms with E-state index in [-0.39, 0.29) is 11.9 Å². The Morgan fingerprint density at radius 1 is 1.27 bits per heavy atom. The smallest absolute Gasteiger partial charge is 0.273 e. The molecule has 1 aliphatic heterocycles. The van der Waals surface area contributed by atoms with E-state index in [0.29, 0.717) is 29.9 Å². The van der Waals surface area contributed by atoms with E-state index < -0.39 is 0 Å². The van der Waals surface area contributed by atoms with E-state index in [9.17, 15) is 4.79 Å². The molecule has 1 saturated heterocycles. The lowest BCUT2D eigenvalue weighted by molar-refractivity contribution is 0.0721. The molecule has 0 bridgehead atoms. The molecule has 22 heavy (non-hydrogen) atoms. The van der Waals surface area contributed by atoms with E-state index in [1.165, 1.54) is 0 Å². The molecule has 2 aromatic heterocycles. The maximum atomic E-state index is 12.8. The van der Waals surface area contributed by atoms with Gasteiger partial charge in [-0.3, -0.25) is 4.79 Å². The molecular weight excluding hydrogens is 282 g/mol. The summed E-state index contributed by atoms with van der Waals surface area (Å²) >= 11 is 0. The van der Waals surface area contributed by atoms with Crippen LogP contribution >= 0.6 is 0 Å². The summed E-state index contributed by atoms with van der Waals surface area (Å²) in [6, 6.07) is 1.56. The van der Waals surface area contributed by atoms with Gasteiger partial charge in [-0.15, -0.1) is 0 Å². The molecule has 0 N–H and O–H groups in total. The third-order valence-electron chi connectivity index (χ3n) is 4.19. The van der Waals surface area contributed by atoms with Crippen LogP contribution in [0.5, 0.6) is 0 Å². The predicted molar refractivity (Wildman–Crippen MR) is 76.1 cm³/mol. The van der Waals surface area contributed by atoms with Crippen molar-refractivity contribution in [3.8, 4) is 0 Å². The topological polar surface area (TPSA) is 85.0 Å². The number of hydrogen-bond donors (Lipinski definition) is 0. The Morgan fingerprint density at radius 2 is 2.14 bits per heavy atom. The van der Waals surface area contributed by atoms with E-state index >= 15 is 0 Å². The molecular formula is C15H17N5O2. The zero-order chi connectivity index (χ0) is 15.1. The van der Waals surface area contributed by atoms with Gasteiger partial charge in [0.25, 0.3) is 5.91 Å². The number of aromatic nitrogens is 4. The van der Waals surface area contributed by atoms with E-state index in [0.717, 1.165) is 31.5 Å². The van der Waals surface area contributed by atoms with Gasteiger partial charge in [0.1, 0.15) is 11.5 Å². The minimum Gasteiger partial charge on any atom is -0.340 e. The minimum absolute atomic E-state index is 0.0748. The summed E-state index contributed by atoms with van der Waals surface area (Å²) in [6.45, 7) is 2.45. The third-order valence-corrected chi connectivity index (χ3v) is 4.19. The second-order valence-electron chi connectivity index (χ2n) is 5.90. The highest BCUT2D eigenvalue weighted by Gasteiger charge is 2.35. The summed E-state index contributed by atoms with van der Waals surface area (Å²) in [5, 5.41) is 3.97. The summed E-state index contributed by atoms with van der Waals surface area (Å²) < 4.78 is 5.04. The van der Waals surface area contributed by atoms with E-state index in [1.54, 1.807) is 24.1 Å². The molecule has 0 radical (unpaired) electrons. The molecule has 0 spiro atoms. The first-order chi connectivity index (χ1) is 10.7. The molecule has 1 saturated carbocycles. The normalized spacial score (nSPS) is 21.3. The van der Waals surface area contributed by atoms with Gasteiger partial charge in [0.15, 0.2) is 5.82 Å². The summed E-state index contributed by atoms with van der Waals surface area (Å²) in [7, 11) is 0. The zero-order valence-electron chi connectivity index (χ0n) is 12.4. The van der Waals surface area contributed by atoms with Gasteiger partial charge in [0.2, 0.25) is 5.89 Å². The number of likely N-dealkylation sites (tertiary alicyclic amines) is 1. The highest BCUT2D eigenvalue weighted by Crippen LogP contribution is 2.38. The Hall–Kier alpha value is -2.31. The van der Waals surface area contributed by atoms with Crippen LogP contribution in [0.1, 0.15) is 65.7 Å². The molecule has 4 rings (SSSR count). The molecule has 1 amide bonds. The summed E-state index contributed by atoms with van der Waals surface area (Å²) in [5.41, 5.74) is 0.462.